The van der Waals surface area contributed by atoms with Crippen LogP contribution in [0.3, 0.4) is 0 Å². The summed E-state index contributed by atoms with van der Waals surface area (Å²) in [5.74, 6) is 1.56. The van der Waals surface area contributed by atoms with Gasteiger partial charge in [-0.05, 0) is 41.5 Å². The van der Waals surface area contributed by atoms with Gasteiger partial charge in [0.2, 0.25) is 0 Å². The minimum absolute atomic E-state index is 0.420. The lowest BCUT2D eigenvalue weighted by Crippen LogP contribution is -2.15. The first-order valence-corrected chi connectivity index (χ1v) is 9.52. The van der Waals surface area contributed by atoms with Crippen LogP contribution in [0, 0.1) is 11.3 Å². The zero-order valence-corrected chi connectivity index (χ0v) is 16.3. The third-order valence-electron chi connectivity index (χ3n) is 4.51. The van der Waals surface area contributed by atoms with Crippen LogP contribution in [-0.2, 0) is 19.7 Å². The second kappa shape index (κ2) is 9.45. The van der Waals surface area contributed by atoms with Crippen molar-refractivity contribution in [2.24, 2.45) is 0 Å². The predicted molar refractivity (Wildman–Crippen MR) is 112 cm³/mol. The number of hydrogen-bond acceptors (Lipinski definition) is 6. The molecule has 4 aromatic rings. The standard InChI is InChI=1S/C23H20N6O/c24-12-18-4-1-6-20(10-18)15-30-22-8-2-5-19(11-22)13-25-14-21-7-3-9-27-23(21)29-17-26-16-28-29/h1-11,16-17,25H,13-15H2. The Hall–Kier alpha value is -4.02. The number of ether oxygens (including phenoxy) is 1. The monoisotopic (exact) mass is 396 g/mol. The number of nitrogens with one attached hydrogen (secondary N) is 1. The van der Waals surface area contributed by atoms with E-state index in [-0.39, 0.29) is 0 Å². The second-order valence-corrected chi connectivity index (χ2v) is 6.68. The lowest BCUT2D eigenvalue weighted by atomic mass is 10.1. The van der Waals surface area contributed by atoms with Gasteiger partial charge in [-0.15, -0.1) is 0 Å². The summed E-state index contributed by atoms with van der Waals surface area (Å²) >= 11 is 0. The highest BCUT2D eigenvalue weighted by Gasteiger charge is 2.06. The maximum atomic E-state index is 9.01. The van der Waals surface area contributed by atoms with Gasteiger partial charge in [-0.3, -0.25) is 0 Å². The fourth-order valence-electron chi connectivity index (χ4n) is 3.08. The van der Waals surface area contributed by atoms with Crippen LogP contribution in [0.2, 0.25) is 0 Å². The Morgan fingerprint density at radius 1 is 1.00 bits per heavy atom. The lowest BCUT2D eigenvalue weighted by molar-refractivity contribution is 0.306. The van der Waals surface area contributed by atoms with Gasteiger partial charge in [-0.2, -0.15) is 10.4 Å². The summed E-state index contributed by atoms with van der Waals surface area (Å²) in [7, 11) is 0. The summed E-state index contributed by atoms with van der Waals surface area (Å²) in [4.78, 5) is 8.39. The van der Waals surface area contributed by atoms with Crippen molar-refractivity contribution in [1.82, 2.24) is 25.1 Å². The number of nitriles is 1. The molecule has 0 atom stereocenters. The van der Waals surface area contributed by atoms with E-state index < -0.39 is 0 Å². The molecule has 2 heterocycles. The molecule has 0 unspecified atom stereocenters. The summed E-state index contributed by atoms with van der Waals surface area (Å²) in [6, 6.07) is 21.5. The first-order valence-electron chi connectivity index (χ1n) is 9.52. The molecule has 30 heavy (non-hydrogen) atoms. The summed E-state index contributed by atoms with van der Waals surface area (Å²) in [5.41, 5.74) is 3.75. The van der Waals surface area contributed by atoms with Gasteiger partial charge >= 0.3 is 0 Å². The van der Waals surface area contributed by atoms with Gasteiger partial charge in [-0.1, -0.05) is 30.3 Å². The van der Waals surface area contributed by atoms with Crippen LogP contribution in [0.15, 0.2) is 79.5 Å². The molecular formula is C23H20N6O. The van der Waals surface area contributed by atoms with E-state index in [4.69, 9.17) is 10.00 Å². The van der Waals surface area contributed by atoms with Gasteiger partial charge < -0.3 is 10.1 Å². The molecule has 0 saturated carbocycles. The zero-order chi connectivity index (χ0) is 20.6. The third-order valence-corrected chi connectivity index (χ3v) is 4.51. The largest absolute Gasteiger partial charge is 0.489 e. The smallest absolute Gasteiger partial charge is 0.159 e. The molecule has 148 valence electrons. The fraction of sp³-hybridized carbons (Fsp3) is 0.130. The molecule has 0 saturated heterocycles. The van der Waals surface area contributed by atoms with E-state index in [1.54, 1.807) is 23.3 Å². The van der Waals surface area contributed by atoms with E-state index in [1.807, 2.05) is 48.5 Å². The van der Waals surface area contributed by atoms with E-state index in [1.165, 1.54) is 6.33 Å². The van der Waals surface area contributed by atoms with Gasteiger partial charge in [0.25, 0.3) is 0 Å². The minimum atomic E-state index is 0.420. The lowest BCUT2D eigenvalue weighted by Gasteiger charge is -2.11. The van der Waals surface area contributed by atoms with Crippen LogP contribution in [0.25, 0.3) is 5.82 Å². The first-order chi connectivity index (χ1) is 14.8. The molecule has 4 rings (SSSR count). The quantitative estimate of drug-likeness (QED) is 0.491. The fourth-order valence-corrected chi connectivity index (χ4v) is 3.08. The highest BCUT2D eigenvalue weighted by Crippen LogP contribution is 2.16. The van der Waals surface area contributed by atoms with E-state index in [9.17, 15) is 0 Å². The van der Waals surface area contributed by atoms with Crippen molar-refractivity contribution in [3.8, 4) is 17.6 Å². The van der Waals surface area contributed by atoms with E-state index >= 15 is 0 Å². The van der Waals surface area contributed by atoms with Crippen molar-refractivity contribution in [2.45, 2.75) is 19.7 Å². The maximum Gasteiger partial charge on any atom is 0.159 e. The van der Waals surface area contributed by atoms with Crippen LogP contribution in [-0.4, -0.2) is 19.7 Å². The van der Waals surface area contributed by atoms with Gasteiger partial charge in [0.1, 0.15) is 25.0 Å². The van der Waals surface area contributed by atoms with Gasteiger partial charge in [0.05, 0.1) is 11.6 Å². The van der Waals surface area contributed by atoms with Crippen molar-refractivity contribution in [2.75, 3.05) is 0 Å². The molecule has 0 aliphatic heterocycles. The molecular weight excluding hydrogens is 376 g/mol. The normalized spacial score (nSPS) is 10.5. The average Bonchev–Trinajstić information content (AvgIpc) is 3.33. The minimum Gasteiger partial charge on any atom is -0.489 e. The molecule has 0 bridgehead atoms. The molecule has 0 fully saturated rings. The number of nitrogens with zero attached hydrogens (tertiary/aromatic N) is 5. The summed E-state index contributed by atoms with van der Waals surface area (Å²) in [6.45, 7) is 1.76. The van der Waals surface area contributed by atoms with E-state index in [2.05, 4.69) is 32.5 Å². The summed E-state index contributed by atoms with van der Waals surface area (Å²) < 4.78 is 7.56. The Kier molecular flexibility index (Phi) is 6.08. The molecule has 0 aliphatic carbocycles. The number of aromatic nitrogens is 4. The molecule has 0 radical (unpaired) electrons. The maximum absolute atomic E-state index is 9.01. The van der Waals surface area contributed by atoms with Crippen LogP contribution in [0.5, 0.6) is 5.75 Å². The summed E-state index contributed by atoms with van der Waals surface area (Å²) in [5, 5.41) is 16.6. The molecule has 1 N–H and O–H groups in total. The second-order valence-electron chi connectivity index (χ2n) is 6.68. The average molecular weight is 396 g/mol. The SMILES string of the molecule is N#Cc1cccc(COc2cccc(CNCc3cccnc3-n3cncn3)c2)c1. The first kappa shape index (κ1) is 19.3. The molecule has 0 amide bonds. The molecule has 0 aliphatic rings. The van der Waals surface area contributed by atoms with Gasteiger partial charge in [0, 0.05) is 24.8 Å². The van der Waals surface area contributed by atoms with Crippen molar-refractivity contribution < 1.29 is 4.74 Å². The topological polar surface area (TPSA) is 88.6 Å². The molecule has 7 nitrogen and oxygen atoms in total. The number of benzene rings is 2. The van der Waals surface area contributed by atoms with Crippen LogP contribution in [0.4, 0.5) is 0 Å². The number of rotatable bonds is 8. The number of pyridine rings is 1. The van der Waals surface area contributed by atoms with Crippen LogP contribution >= 0.6 is 0 Å². The molecule has 2 aromatic heterocycles. The Labute approximate surface area is 174 Å². The van der Waals surface area contributed by atoms with Crippen molar-refractivity contribution in [3.63, 3.8) is 0 Å². The van der Waals surface area contributed by atoms with Gasteiger partial charge in [0.15, 0.2) is 5.82 Å². The van der Waals surface area contributed by atoms with Crippen molar-refractivity contribution in [3.05, 3.63) is 102 Å². The summed E-state index contributed by atoms with van der Waals surface area (Å²) in [6.07, 6.45) is 4.88. The molecule has 7 heteroatoms. The van der Waals surface area contributed by atoms with Crippen molar-refractivity contribution >= 4 is 0 Å². The predicted octanol–water partition coefficient (Wildman–Crippen LogP) is 3.40. The Morgan fingerprint density at radius 2 is 1.90 bits per heavy atom. The number of hydrogen-bond donors (Lipinski definition) is 1. The highest BCUT2D eigenvalue weighted by molar-refractivity contribution is 5.34. The Balaban J connectivity index is 1.35. The Morgan fingerprint density at radius 3 is 2.77 bits per heavy atom. The van der Waals surface area contributed by atoms with E-state index in [0.29, 0.717) is 25.3 Å². The highest BCUT2D eigenvalue weighted by atomic mass is 16.5. The van der Waals surface area contributed by atoms with Crippen LogP contribution in [0.1, 0.15) is 22.3 Å². The Bertz CT molecular complexity index is 1150. The zero-order valence-electron chi connectivity index (χ0n) is 16.3. The van der Waals surface area contributed by atoms with Crippen molar-refractivity contribution in [1.29, 1.82) is 5.26 Å². The molecule has 2 aromatic carbocycles. The van der Waals surface area contributed by atoms with Gasteiger partial charge in [-0.25, -0.2) is 14.6 Å². The third kappa shape index (κ3) is 4.87. The molecule has 0 spiro atoms. The van der Waals surface area contributed by atoms with E-state index in [0.717, 1.165) is 28.3 Å². The van der Waals surface area contributed by atoms with Crippen LogP contribution < -0.4 is 10.1 Å².